The summed E-state index contributed by atoms with van der Waals surface area (Å²) in [5.41, 5.74) is 5.76. The lowest BCUT2D eigenvalue weighted by atomic mass is 9.91. The van der Waals surface area contributed by atoms with Crippen LogP contribution in [0, 0.1) is 20.8 Å². The van der Waals surface area contributed by atoms with Gasteiger partial charge in [0.15, 0.2) is 0 Å². The van der Waals surface area contributed by atoms with Gasteiger partial charge >= 0.3 is 0 Å². The zero-order valence-corrected chi connectivity index (χ0v) is 10.7. The largest absolute Gasteiger partial charge is 0.0651 e. The monoisotopic (exact) mass is 212 g/mol. The Morgan fingerprint density at radius 3 is 2.44 bits per heavy atom. The summed E-state index contributed by atoms with van der Waals surface area (Å²) in [7, 11) is 0. The first kappa shape index (κ1) is 11.2. The maximum absolute atomic E-state index is 2.36. The van der Waals surface area contributed by atoms with Gasteiger partial charge in [-0.05, 0) is 60.2 Å². The molecule has 0 bridgehead atoms. The molecule has 0 aliphatic rings. The Labute approximate surface area is 98.3 Å². The number of rotatable bonds is 2. The van der Waals surface area contributed by atoms with Crippen LogP contribution >= 0.6 is 0 Å². The quantitative estimate of drug-likeness (QED) is 0.676. The first-order valence-electron chi connectivity index (χ1n) is 6.13. The van der Waals surface area contributed by atoms with Gasteiger partial charge in [0.05, 0.1) is 0 Å². The normalized spacial score (nSPS) is 11.0. The number of hydrogen-bond acceptors (Lipinski definition) is 0. The SMILES string of the molecule is CCCc1cc(C)c(C)c2c(C)cccc12. The molecule has 2 aromatic carbocycles. The van der Waals surface area contributed by atoms with Crippen molar-refractivity contribution >= 4 is 10.8 Å². The summed E-state index contributed by atoms with van der Waals surface area (Å²) in [4.78, 5) is 0. The van der Waals surface area contributed by atoms with Crippen LogP contribution in [0.1, 0.15) is 35.6 Å². The highest BCUT2D eigenvalue weighted by atomic mass is 14.1. The van der Waals surface area contributed by atoms with Crippen molar-refractivity contribution in [2.75, 3.05) is 0 Å². The van der Waals surface area contributed by atoms with Gasteiger partial charge in [0.2, 0.25) is 0 Å². The summed E-state index contributed by atoms with van der Waals surface area (Å²) in [5, 5.41) is 2.91. The average molecular weight is 212 g/mol. The highest BCUT2D eigenvalue weighted by molar-refractivity contribution is 5.92. The van der Waals surface area contributed by atoms with E-state index in [1.54, 1.807) is 0 Å². The molecule has 2 aromatic rings. The third-order valence-corrected chi connectivity index (χ3v) is 3.50. The molecule has 16 heavy (non-hydrogen) atoms. The minimum Gasteiger partial charge on any atom is -0.0651 e. The Morgan fingerprint density at radius 1 is 1.00 bits per heavy atom. The number of aryl methyl sites for hydroxylation is 4. The van der Waals surface area contributed by atoms with Crippen LogP contribution in [0.2, 0.25) is 0 Å². The van der Waals surface area contributed by atoms with Gasteiger partial charge < -0.3 is 0 Å². The summed E-state index contributed by atoms with van der Waals surface area (Å²) in [5.74, 6) is 0. The maximum Gasteiger partial charge on any atom is -0.0120 e. The van der Waals surface area contributed by atoms with E-state index in [0.717, 1.165) is 0 Å². The van der Waals surface area contributed by atoms with E-state index in [9.17, 15) is 0 Å². The second kappa shape index (κ2) is 4.29. The molecule has 0 aromatic heterocycles. The van der Waals surface area contributed by atoms with Gasteiger partial charge in [0.1, 0.15) is 0 Å². The molecular formula is C16H20. The molecule has 0 heteroatoms. The van der Waals surface area contributed by atoms with Crippen LogP contribution in [0.4, 0.5) is 0 Å². The molecule has 0 fully saturated rings. The smallest absolute Gasteiger partial charge is 0.0120 e. The Hall–Kier alpha value is -1.30. The predicted octanol–water partition coefficient (Wildman–Crippen LogP) is 4.72. The lowest BCUT2D eigenvalue weighted by Crippen LogP contribution is -1.93. The van der Waals surface area contributed by atoms with E-state index < -0.39 is 0 Å². The van der Waals surface area contributed by atoms with Crippen molar-refractivity contribution in [2.45, 2.75) is 40.5 Å². The van der Waals surface area contributed by atoms with Crippen molar-refractivity contribution in [3.63, 3.8) is 0 Å². The van der Waals surface area contributed by atoms with E-state index >= 15 is 0 Å². The first-order valence-corrected chi connectivity index (χ1v) is 6.13. The fourth-order valence-corrected chi connectivity index (χ4v) is 2.55. The fraction of sp³-hybridized carbons (Fsp3) is 0.375. The number of fused-ring (bicyclic) bond motifs is 1. The third-order valence-electron chi connectivity index (χ3n) is 3.50. The van der Waals surface area contributed by atoms with E-state index in [1.807, 2.05) is 0 Å². The molecule has 0 N–H and O–H groups in total. The number of benzene rings is 2. The zero-order valence-electron chi connectivity index (χ0n) is 10.7. The highest BCUT2D eigenvalue weighted by Gasteiger charge is 2.07. The van der Waals surface area contributed by atoms with Gasteiger partial charge in [-0.15, -0.1) is 0 Å². The minimum atomic E-state index is 1.18. The average Bonchev–Trinajstić information content (AvgIpc) is 2.25. The van der Waals surface area contributed by atoms with E-state index in [0.29, 0.717) is 0 Å². The van der Waals surface area contributed by atoms with Gasteiger partial charge in [-0.1, -0.05) is 37.6 Å². The number of hydrogen-bond donors (Lipinski definition) is 0. The van der Waals surface area contributed by atoms with E-state index in [-0.39, 0.29) is 0 Å². The van der Waals surface area contributed by atoms with Gasteiger partial charge in [-0.3, -0.25) is 0 Å². The third kappa shape index (κ3) is 1.73. The Balaban J connectivity index is 2.84. The molecule has 0 amide bonds. The standard InChI is InChI=1S/C16H20/c1-5-7-14-10-12(3)13(4)16-11(2)8-6-9-15(14)16/h6,8-10H,5,7H2,1-4H3. The minimum absolute atomic E-state index is 1.18. The molecule has 0 radical (unpaired) electrons. The molecule has 0 aliphatic carbocycles. The lowest BCUT2D eigenvalue weighted by Gasteiger charge is -2.13. The topological polar surface area (TPSA) is 0 Å². The summed E-state index contributed by atoms with van der Waals surface area (Å²) >= 11 is 0. The summed E-state index contributed by atoms with van der Waals surface area (Å²) < 4.78 is 0. The van der Waals surface area contributed by atoms with Crippen molar-refractivity contribution in [3.05, 3.63) is 46.5 Å². The molecule has 0 heterocycles. The van der Waals surface area contributed by atoms with Gasteiger partial charge in [0, 0.05) is 0 Å². The van der Waals surface area contributed by atoms with Crippen LogP contribution in [-0.2, 0) is 6.42 Å². The second-order valence-electron chi connectivity index (χ2n) is 4.73. The highest BCUT2D eigenvalue weighted by Crippen LogP contribution is 2.28. The van der Waals surface area contributed by atoms with Crippen molar-refractivity contribution in [2.24, 2.45) is 0 Å². The Morgan fingerprint density at radius 2 is 1.75 bits per heavy atom. The van der Waals surface area contributed by atoms with Crippen LogP contribution in [0.15, 0.2) is 24.3 Å². The molecule has 0 unspecified atom stereocenters. The molecule has 0 spiro atoms. The molecule has 2 rings (SSSR count). The van der Waals surface area contributed by atoms with Gasteiger partial charge in [0.25, 0.3) is 0 Å². The fourth-order valence-electron chi connectivity index (χ4n) is 2.55. The van der Waals surface area contributed by atoms with Crippen molar-refractivity contribution in [1.29, 1.82) is 0 Å². The van der Waals surface area contributed by atoms with Crippen LogP contribution < -0.4 is 0 Å². The van der Waals surface area contributed by atoms with Gasteiger partial charge in [-0.2, -0.15) is 0 Å². The van der Waals surface area contributed by atoms with Crippen LogP contribution in [0.5, 0.6) is 0 Å². The molecule has 0 saturated heterocycles. The van der Waals surface area contributed by atoms with Crippen LogP contribution in [-0.4, -0.2) is 0 Å². The van der Waals surface area contributed by atoms with E-state index in [1.165, 1.54) is 45.9 Å². The molecular weight excluding hydrogens is 192 g/mol. The maximum atomic E-state index is 2.36. The molecule has 0 atom stereocenters. The summed E-state index contributed by atoms with van der Waals surface area (Å²) in [6.45, 7) is 8.92. The summed E-state index contributed by atoms with van der Waals surface area (Å²) in [6, 6.07) is 9.01. The van der Waals surface area contributed by atoms with Crippen LogP contribution in [0.25, 0.3) is 10.8 Å². The van der Waals surface area contributed by atoms with E-state index in [2.05, 4.69) is 52.0 Å². The van der Waals surface area contributed by atoms with E-state index in [4.69, 9.17) is 0 Å². The molecule has 0 nitrogen and oxygen atoms in total. The molecule has 0 aliphatic heterocycles. The van der Waals surface area contributed by atoms with Crippen LogP contribution in [0.3, 0.4) is 0 Å². The van der Waals surface area contributed by atoms with Crippen molar-refractivity contribution in [1.82, 2.24) is 0 Å². The molecule has 84 valence electrons. The van der Waals surface area contributed by atoms with Crippen molar-refractivity contribution in [3.8, 4) is 0 Å². The lowest BCUT2D eigenvalue weighted by molar-refractivity contribution is 0.927. The van der Waals surface area contributed by atoms with Gasteiger partial charge in [-0.25, -0.2) is 0 Å². The molecule has 0 saturated carbocycles. The zero-order chi connectivity index (χ0) is 11.7. The first-order chi connectivity index (χ1) is 7.65. The Kier molecular flexibility index (Phi) is 3.00. The predicted molar refractivity (Wildman–Crippen MR) is 72.2 cm³/mol. The second-order valence-corrected chi connectivity index (χ2v) is 4.73. The summed E-state index contributed by atoms with van der Waals surface area (Å²) in [6.07, 6.45) is 2.40. The van der Waals surface area contributed by atoms with Crippen molar-refractivity contribution < 1.29 is 0 Å². The Bertz CT molecular complexity index is 521.